The van der Waals surface area contributed by atoms with Crippen LogP contribution in [0.1, 0.15) is 120 Å². The zero-order valence-corrected chi connectivity index (χ0v) is 20.5. The van der Waals surface area contributed by atoms with E-state index in [2.05, 4.69) is 32.0 Å². The van der Waals surface area contributed by atoms with Crippen molar-refractivity contribution in [3.63, 3.8) is 0 Å². The molecule has 0 heterocycles. The molecule has 0 aliphatic rings. The Kier molecular flexibility index (Phi) is 15.6. The Hall–Kier alpha value is -1.84. The minimum Gasteiger partial charge on any atom is -0.481 e. The second kappa shape index (κ2) is 17.7. The molecule has 0 aliphatic heterocycles. The van der Waals surface area contributed by atoms with Gasteiger partial charge in [-0.25, -0.2) is 0 Å². The molecule has 0 bridgehead atoms. The van der Waals surface area contributed by atoms with Crippen LogP contribution in [0, 0.1) is 5.92 Å². The summed E-state index contributed by atoms with van der Waals surface area (Å²) in [5.74, 6) is -0.710. The van der Waals surface area contributed by atoms with Crippen molar-refractivity contribution in [2.75, 3.05) is 0 Å². The quantitative estimate of drug-likeness (QED) is 0.202. The van der Waals surface area contributed by atoms with E-state index in [1.54, 1.807) is 5.56 Å². The van der Waals surface area contributed by atoms with Crippen molar-refractivity contribution in [1.29, 1.82) is 0 Å². The number of hydrogen-bond acceptors (Lipinski definition) is 2. The largest absolute Gasteiger partial charge is 0.481 e. The Morgan fingerprint density at radius 3 is 1.59 bits per heavy atom. The number of benzene rings is 1. The summed E-state index contributed by atoms with van der Waals surface area (Å²) in [5, 5.41) is 17.4. The Morgan fingerprint density at radius 1 is 0.656 bits per heavy atom. The number of aliphatic carboxylic acids is 2. The Balaban J connectivity index is 2.42. The number of carboxylic acid groups (broad SMARTS) is 2. The van der Waals surface area contributed by atoms with Gasteiger partial charge in [0.05, 0.1) is 0 Å². The number of carbonyl (C=O) groups is 2. The van der Waals surface area contributed by atoms with E-state index >= 15 is 0 Å². The summed E-state index contributed by atoms with van der Waals surface area (Å²) in [5.41, 5.74) is 4.62. The van der Waals surface area contributed by atoms with Crippen molar-refractivity contribution in [1.82, 2.24) is 0 Å². The highest BCUT2D eigenvalue weighted by molar-refractivity contribution is 5.66. The molecule has 0 saturated carbocycles. The maximum Gasteiger partial charge on any atom is 0.303 e. The molecule has 1 aromatic carbocycles. The van der Waals surface area contributed by atoms with Gasteiger partial charge in [0.2, 0.25) is 0 Å². The first-order chi connectivity index (χ1) is 15.4. The maximum absolute atomic E-state index is 10.6. The molecule has 0 spiro atoms. The van der Waals surface area contributed by atoms with E-state index in [-0.39, 0.29) is 0 Å². The molecular weight excluding hydrogens is 400 g/mol. The standard InChI is InChI=1S/C28H46O4/c1-23(2)22-25-18-15-17-24(16-11-7-3-5-9-13-20-27(29)30)26(25)19-12-8-4-6-10-14-21-28(31)32/h15,17-18,23H,3-14,16,19-22H2,1-2H3,(H,29,30)(H,31,32). The first-order valence-electron chi connectivity index (χ1n) is 12.9. The highest BCUT2D eigenvalue weighted by atomic mass is 16.4. The number of carboxylic acids is 2. The van der Waals surface area contributed by atoms with Crippen LogP contribution in [0.4, 0.5) is 0 Å². The highest BCUT2D eigenvalue weighted by Crippen LogP contribution is 2.23. The molecule has 1 rings (SSSR count). The minimum atomic E-state index is -0.683. The topological polar surface area (TPSA) is 74.6 Å². The molecule has 4 heteroatoms. The fourth-order valence-electron chi connectivity index (χ4n) is 4.46. The summed E-state index contributed by atoms with van der Waals surface area (Å²) in [6, 6.07) is 6.86. The number of rotatable bonds is 20. The lowest BCUT2D eigenvalue weighted by Gasteiger charge is -2.17. The van der Waals surface area contributed by atoms with Gasteiger partial charge >= 0.3 is 11.9 Å². The van der Waals surface area contributed by atoms with Gasteiger partial charge in [-0.3, -0.25) is 9.59 Å². The first-order valence-corrected chi connectivity index (χ1v) is 12.9. The molecule has 0 amide bonds. The zero-order valence-electron chi connectivity index (χ0n) is 20.5. The Bertz CT molecular complexity index is 651. The second-order valence-electron chi connectivity index (χ2n) is 9.68. The summed E-state index contributed by atoms with van der Waals surface area (Å²) < 4.78 is 0. The highest BCUT2D eigenvalue weighted by Gasteiger charge is 2.10. The molecule has 0 fully saturated rings. The van der Waals surface area contributed by atoms with Crippen LogP contribution in [0.25, 0.3) is 0 Å². The fraction of sp³-hybridized carbons (Fsp3) is 0.714. The van der Waals surface area contributed by atoms with E-state index in [0.29, 0.717) is 18.8 Å². The molecule has 0 aliphatic carbocycles. The van der Waals surface area contributed by atoms with Gasteiger partial charge in [-0.1, -0.05) is 83.4 Å². The van der Waals surface area contributed by atoms with Crippen LogP contribution in [0.3, 0.4) is 0 Å². The SMILES string of the molecule is CC(C)Cc1cccc(CCCCCCCCC(=O)O)c1CCCCCCCCC(=O)O. The normalized spacial score (nSPS) is 11.2. The van der Waals surface area contributed by atoms with Gasteiger partial charge in [0.15, 0.2) is 0 Å². The van der Waals surface area contributed by atoms with Crippen LogP contribution in [0.15, 0.2) is 18.2 Å². The van der Waals surface area contributed by atoms with Crippen LogP contribution in [-0.2, 0) is 28.9 Å². The predicted octanol–water partition coefficient (Wildman–Crippen LogP) is 7.60. The number of aryl methyl sites for hydroxylation is 1. The lowest BCUT2D eigenvalue weighted by molar-refractivity contribution is -0.138. The molecule has 1 aromatic rings. The van der Waals surface area contributed by atoms with E-state index in [9.17, 15) is 9.59 Å². The van der Waals surface area contributed by atoms with Gasteiger partial charge < -0.3 is 10.2 Å². The summed E-state index contributed by atoms with van der Waals surface area (Å²) in [6.45, 7) is 4.58. The smallest absolute Gasteiger partial charge is 0.303 e. The van der Waals surface area contributed by atoms with Crippen LogP contribution in [0.5, 0.6) is 0 Å². The summed E-state index contributed by atoms with van der Waals surface area (Å²) in [4.78, 5) is 21.2. The van der Waals surface area contributed by atoms with Crippen molar-refractivity contribution in [3.8, 4) is 0 Å². The van der Waals surface area contributed by atoms with Gasteiger partial charge in [0, 0.05) is 12.8 Å². The molecule has 4 nitrogen and oxygen atoms in total. The van der Waals surface area contributed by atoms with Crippen molar-refractivity contribution in [3.05, 3.63) is 34.9 Å². The van der Waals surface area contributed by atoms with Crippen LogP contribution in [0.2, 0.25) is 0 Å². The van der Waals surface area contributed by atoms with E-state index in [0.717, 1.165) is 57.8 Å². The summed E-state index contributed by atoms with van der Waals surface area (Å²) in [7, 11) is 0. The third kappa shape index (κ3) is 14.3. The van der Waals surface area contributed by atoms with Gasteiger partial charge in [0.25, 0.3) is 0 Å². The maximum atomic E-state index is 10.6. The third-order valence-electron chi connectivity index (χ3n) is 6.15. The average molecular weight is 447 g/mol. The van der Waals surface area contributed by atoms with E-state index in [1.807, 2.05) is 0 Å². The van der Waals surface area contributed by atoms with Crippen LogP contribution < -0.4 is 0 Å². The first kappa shape index (κ1) is 28.2. The van der Waals surface area contributed by atoms with Crippen molar-refractivity contribution < 1.29 is 19.8 Å². The minimum absolute atomic E-state index is 0.300. The van der Waals surface area contributed by atoms with Crippen LogP contribution >= 0.6 is 0 Å². The van der Waals surface area contributed by atoms with Crippen molar-refractivity contribution in [2.45, 2.75) is 123 Å². The van der Waals surface area contributed by atoms with E-state index < -0.39 is 11.9 Å². The Labute approximate surface area is 195 Å². The summed E-state index contributed by atoms with van der Waals surface area (Å²) >= 11 is 0. The van der Waals surface area contributed by atoms with E-state index in [1.165, 1.54) is 49.7 Å². The molecule has 0 atom stereocenters. The van der Waals surface area contributed by atoms with Gasteiger partial charge in [-0.2, -0.15) is 0 Å². The van der Waals surface area contributed by atoms with Gasteiger partial charge in [-0.15, -0.1) is 0 Å². The monoisotopic (exact) mass is 446 g/mol. The van der Waals surface area contributed by atoms with Crippen molar-refractivity contribution in [2.24, 2.45) is 5.92 Å². The molecule has 0 radical (unpaired) electrons. The third-order valence-corrected chi connectivity index (χ3v) is 6.15. The van der Waals surface area contributed by atoms with Crippen LogP contribution in [-0.4, -0.2) is 22.2 Å². The number of hydrogen-bond donors (Lipinski definition) is 2. The Morgan fingerprint density at radius 2 is 1.09 bits per heavy atom. The van der Waals surface area contributed by atoms with Gasteiger partial charge in [0.1, 0.15) is 0 Å². The summed E-state index contributed by atoms with van der Waals surface area (Å²) in [6.07, 6.45) is 17.2. The molecule has 32 heavy (non-hydrogen) atoms. The fourth-order valence-corrected chi connectivity index (χ4v) is 4.46. The second-order valence-corrected chi connectivity index (χ2v) is 9.68. The van der Waals surface area contributed by atoms with E-state index in [4.69, 9.17) is 10.2 Å². The molecular formula is C28H46O4. The zero-order chi connectivity index (χ0) is 23.6. The number of unbranched alkanes of at least 4 members (excludes halogenated alkanes) is 10. The molecule has 0 aromatic heterocycles. The lowest BCUT2D eigenvalue weighted by Crippen LogP contribution is -2.04. The molecule has 0 unspecified atom stereocenters. The van der Waals surface area contributed by atoms with Crippen molar-refractivity contribution >= 4 is 11.9 Å². The molecule has 182 valence electrons. The molecule has 0 saturated heterocycles. The predicted molar refractivity (Wildman–Crippen MR) is 132 cm³/mol. The average Bonchev–Trinajstić information content (AvgIpc) is 2.72. The molecule has 2 N–H and O–H groups in total. The van der Waals surface area contributed by atoms with Gasteiger partial charge in [-0.05, 0) is 67.6 Å². The lowest BCUT2D eigenvalue weighted by atomic mass is 9.89.